The van der Waals surface area contributed by atoms with Crippen LogP contribution in [-0.4, -0.2) is 25.6 Å². The molecule has 2 rings (SSSR count). The molecule has 0 unspecified atom stereocenters. The minimum absolute atomic E-state index is 0.0177. The van der Waals surface area contributed by atoms with Crippen LogP contribution in [0.2, 0.25) is 0 Å². The molecule has 0 bridgehead atoms. The molecule has 0 saturated heterocycles. The van der Waals surface area contributed by atoms with E-state index in [1.165, 1.54) is 16.7 Å². The number of nitrogens with zero attached hydrogens (tertiary/aromatic N) is 1. The normalized spacial score (nSPS) is 13.4. The SMILES string of the molecule is CCc1ccc2c(c1N(COC)C(=O)CCl)CCC2. The van der Waals surface area contributed by atoms with Gasteiger partial charge in [0.25, 0.3) is 0 Å². The van der Waals surface area contributed by atoms with Gasteiger partial charge in [0.1, 0.15) is 12.6 Å². The fraction of sp³-hybridized carbons (Fsp3) is 0.533. The topological polar surface area (TPSA) is 29.5 Å². The predicted molar refractivity (Wildman–Crippen MR) is 77.9 cm³/mol. The van der Waals surface area contributed by atoms with E-state index in [-0.39, 0.29) is 18.5 Å². The monoisotopic (exact) mass is 281 g/mol. The number of rotatable bonds is 5. The van der Waals surface area contributed by atoms with E-state index >= 15 is 0 Å². The summed E-state index contributed by atoms with van der Waals surface area (Å²) in [5, 5.41) is 0. The smallest absolute Gasteiger partial charge is 0.243 e. The fourth-order valence-electron chi connectivity index (χ4n) is 2.78. The van der Waals surface area contributed by atoms with Crippen LogP contribution in [0.1, 0.15) is 30.0 Å². The van der Waals surface area contributed by atoms with Crippen molar-refractivity contribution < 1.29 is 9.53 Å². The second kappa shape index (κ2) is 6.40. The Balaban J connectivity index is 2.51. The minimum atomic E-state index is -0.0986. The number of carbonyl (C=O) groups is 1. The van der Waals surface area contributed by atoms with E-state index in [1.807, 2.05) is 0 Å². The Kier molecular flexibility index (Phi) is 4.83. The first kappa shape index (κ1) is 14.4. The second-order valence-corrected chi connectivity index (χ2v) is 5.06. The number of hydrogen-bond acceptors (Lipinski definition) is 2. The number of hydrogen-bond donors (Lipinski definition) is 0. The van der Waals surface area contributed by atoms with E-state index in [9.17, 15) is 4.79 Å². The van der Waals surface area contributed by atoms with Crippen LogP contribution < -0.4 is 4.90 Å². The van der Waals surface area contributed by atoms with Crippen molar-refractivity contribution in [1.82, 2.24) is 0 Å². The molecule has 1 aliphatic rings. The van der Waals surface area contributed by atoms with Gasteiger partial charge in [0.15, 0.2) is 0 Å². The number of halogens is 1. The van der Waals surface area contributed by atoms with Crippen molar-refractivity contribution in [2.75, 3.05) is 24.6 Å². The van der Waals surface area contributed by atoms with Crippen LogP contribution in [0.5, 0.6) is 0 Å². The summed E-state index contributed by atoms with van der Waals surface area (Å²) in [7, 11) is 1.60. The van der Waals surface area contributed by atoms with Gasteiger partial charge in [-0.2, -0.15) is 0 Å². The van der Waals surface area contributed by atoms with Crippen molar-refractivity contribution in [2.45, 2.75) is 32.6 Å². The molecule has 0 N–H and O–H groups in total. The molecular formula is C15H20ClNO2. The van der Waals surface area contributed by atoms with E-state index in [4.69, 9.17) is 16.3 Å². The zero-order valence-corrected chi connectivity index (χ0v) is 12.3. The quantitative estimate of drug-likeness (QED) is 0.613. The Hall–Kier alpha value is -1.06. The van der Waals surface area contributed by atoms with Crippen LogP contribution in [0.3, 0.4) is 0 Å². The van der Waals surface area contributed by atoms with Gasteiger partial charge in [-0.3, -0.25) is 9.69 Å². The standard InChI is InChI=1S/C15H20ClNO2/c1-3-11-7-8-12-5-4-6-13(12)15(11)17(10-19-2)14(18)9-16/h7-8H,3-6,9-10H2,1-2H3. The Morgan fingerprint density at radius 3 is 2.84 bits per heavy atom. The number of anilines is 1. The van der Waals surface area contributed by atoms with Crippen molar-refractivity contribution in [3.05, 3.63) is 28.8 Å². The predicted octanol–water partition coefficient (Wildman–Crippen LogP) is 2.91. The average Bonchev–Trinajstić information content (AvgIpc) is 2.91. The van der Waals surface area contributed by atoms with Gasteiger partial charge in [-0.15, -0.1) is 11.6 Å². The van der Waals surface area contributed by atoms with Gasteiger partial charge < -0.3 is 4.74 Å². The van der Waals surface area contributed by atoms with E-state index in [2.05, 4.69) is 19.1 Å². The van der Waals surface area contributed by atoms with Crippen LogP contribution in [0.4, 0.5) is 5.69 Å². The zero-order chi connectivity index (χ0) is 13.8. The molecule has 0 radical (unpaired) electrons. The third kappa shape index (κ3) is 2.77. The average molecular weight is 282 g/mol. The van der Waals surface area contributed by atoms with Gasteiger partial charge in [0.05, 0.1) is 5.69 Å². The Bertz CT molecular complexity index is 473. The number of fused-ring (bicyclic) bond motifs is 1. The summed E-state index contributed by atoms with van der Waals surface area (Å²) < 4.78 is 5.19. The fourth-order valence-corrected chi connectivity index (χ4v) is 2.92. The molecular weight excluding hydrogens is 262 g/mol. The van der Waals surface area contributed by atoms with Gasteiger partial charge in [-0.05, 0) is 42.4 Å². The first-order chi connectivity index (χ1) is 9.22. The van der Waals surface area contributed by atoms with Gasteiger partial charge >= 0.3 is 0 Å². The highest BCUT2D eigenvalue weighted by Gasteiger charge is 2.24. The third-order valence-electron chi connectivity index (χ3n) is 3.66. The second-order valence-electron chi connectivity index (χ2n) is 4.79. The van der Waals surface area contributed by atoms with E-state index in [1.54, 1.807) is 12.0 Å². The Morgan fingerprint density at radius 1 is 1.42 bits per heavy atom. The summed E-state index contributed by atoms with van der Waals surface area (Å²) in [5.74, 6) is -0.116. The van der Waals surface area contributed by atoms with Gasteiger partial charge in [0, 0.05) is 7.11 Å². The lowest BCUT2D eigenvalue weighted by Crippen LogP contribution is -2.35. The number of alkyl halides is 1. The highest BCUT2D eigenvalue weighted by molar-refractivity contribution is 6.29. The first-order valence-corrected chi connectivity index (χ1v) is 7.25. The number of carbonyl (C=O) groups excluding carboxylic acids is 1. The minimum Gasteiger partial charge on any atom is -0.364 e. The molecule has 0 spiro atoms. The molecule has 0 aromatic heterocycles. The van der Waals surface area contributed by atoms with Crippen molar-refractivity contribution in [1.29, 1.82) is 0 Å². The van der Waals surface area contributed by atoms with Crippen LogP contribution in [0.15, 0.2) is 12.1 Å². The lowest BCUT2D eigenvalue weighted by atomic mass is 10.00. The lowest BCUT2D eigenvalue weighted by molar-refractivity contribution is -0.117. The zero-order valence-electron chi connectivity index (χ0n) is 11.5. The summed E-state index contributed by atoms with van der Waals surface area (Å²) in [5.41, 5.74) is 4.88. The van der Waals surface area contributed by atoms with Gasteiger partial charge in [-0.1, -0.05) is 19.1 Å². The van der Waals surface area contributed by atoms with Crippen LogP contribution in [0, 0.1) is 0 Å². The highest BCUT2D eigenvalue weighted by atomic mass is 35.5. The number of methoxy groups -OCH3 is 1. The van der Waals surface area contributed by atoms with Crippen molar-refractivity contribution in [3.8, 4) is 0 Å². The molecule has 1 aliphatic carbocycles. The molecule has 0 heterocycles. The summed E-state index contributed by atoms with van der Waals surface area (Å²) in [6.45, 7) is 2.37. The molecule has 1 aromatic rings. The molecule has 0 fully saturated rings. The maximum Gasteiger partial charge on any atom is 0.243 e. The molecule has 0 saturated carbocycles. The molecule has 0 aliphatic heterocycles. The lowest BCUT2D eigenvalue weighted by Gasteiger charge is -2.26. The molecule has 3 nitrogen and oxygen atoms in total. The summed E-state index contributed by atoms with van der Waals surface area (Å²) >= 11 is 5.73. The number of ether oxygens (including phenoxy) is 1. The number of aryl methyl sites for hydroxylation is 2. The molecule has 19 heavy (non-hydrogen) atoms. The molecule has 1 amide bonds. The third-order valence-corrected chi connectivity index (χ3v) is 3.89. The highest BCUT2D eigenvalue weighted by Crippen LogP contribution is 2.35. The van der Waals surface area contributed by atoms with Crippen LogP contribution in [-0.2, 0) is 28.8 Å². The van der Waals surface area contributed by atoms with Gasteiger partial charge in [0.2, 0.25) is 5.91 Å². The summed E-state index contributed by atoms with van der Waals surface area (Å²) in [6.07, 6.45) is 4.19. The Morgan fingerprint density at radius 2 is 2.21 bits per heavy atom. The Labute approximate surface area is 119 Å². The number of amides is 1. The van der Waals surface area contributed by atoms with Crippen LogP contribution in [0.25, 0.3) is 0 Å². The van der Waals surface area contributed by atoms with E-state index in [0.717, 1.165) is 31.4 Å². The number of benzene rings is 1. The van der Waals surface area contributed by atoms with E-state index < -0.39 is 0 Å². The summed E-state index contributed by atoms with van der Waals surface area (Å²) in [4.78, 5) is 13.8. The largest absolute Gasteiger partial charge is 0.364 e. The van der Waals surface area contributed by atoms with Crippen LogP contribution >= 0.6 is 11.6 Å². The van der Waals surface area contributed by atoms with Crippen molar-refractivity contribution >= 4 is 23.2 Å². The first-order valence-electron chi connectivity index (χ1n) is 6.71. The molecule has 4 heteroatoms. The molecule has 0 atom stereocenters. The maximum absolute atomic E-state index is 12.1. The van der Waals surface area contributed by atoms with E-state index in [0.29, 0.717) is 0 Å². The maximum atomic E-state index is 12.1. The molecule has 104 valence electrons. The van der Waals surface area contributed by atoms with Gasteiger partial charge in [-0.25, -0.2) is 0 Å². The van der Waals surface area contributed by atoms with Crippen molar-refractivity contribution in [2.24, 2.45) is 0 Å². The van der Waals surface area contributed by atoms with Crippen molar-refractivity contribution in [3.63, 3.8) is 0 Å². The molecule has 1 aromatic carbocycles. The summed E-state index contributed by atoms with van der Waals surface area (Å²) in [6, 6.07) is 4.32.